The van der Waals surface area contributed by atoms with Gasteiger partial charge in [0.05, 0.1) is 15.5 Å². The zero-order chi connectivity index (χ0) is 19.8. The molecule has 1 aliphatic rings. The number of carbonyl (C=O) groups excluding carboxylic acids is 1. The summed E-state index contributed by atoms with van der Waals surface area (Å²) in [5.74, 6) is 0.410. The molecule has 4 aromatic rings. The molecular formula is C22H18N4OS2. The van der Waals surface area contributed by atoms with Gasteiger partial charge in [0, 0.05) is 17.8 Å². The second kappa shape index (κ2) is 7.57. The van der Waals surface area contributed by atoms with Gasteiger partial charge in [0.25, 0.3) is 0 Å². The van der Waals surface area contributed by atoms with Crippen LogP contribution in [-0.4, -0.2) is 33.4 Å². The molecule has 7 heteroatoms. The molecule has 144 valence electrons. The van der Waals surface area contributed by atoms with E-state index in [2.05, 4.69) is 21.2 Å². The van der Waals surface area contributed by atoms with Crippen molar-refractivity contribution < 1.29 is 4.79 Å². The van der Waals surface area contributed by atoms with Gasteiger partial charge < -0.3 is 4.90 Å². The van der Waals surface area contributed by atoms with E-state index in [1.807, 2.05) is 60.4 Å². The van der Waals surface area contributed by atoms with E-state index in [9.17, 15) is 4.79 Å². The Kier molecular flexibility index (Phi) is 4.77. The molecule has 3 heterocycles. The molecule has 0 aliphatic carbocycles. The molecule has 2 aromatic heterocycles. The van der Waals surface area contributed by atoms with Gasteiger partial charge in [-0.1, -0.05) is 60.3 Å². The molecule has 0 bridgehead atoms. The highest BCUT2D eigenvalue weighted by Gasteiger charge is 2.25. The van der Waals surface area contributed by atoms with Crippen molar-refractivity contribution in [3.05, 3.63) is 65.2 Å². The van der Waals surface area contributed by atoms with Gasteiger partial charge in [0.15, 0.2) is 0 Å². The number of aromatic nitrogens is 3. The molecule has 0 spiro atoms. The van der Waals surface area contributed by atoms with E-state index in [4.69, 9.17) is 0 Å². The second-order valence-electron chi connectivity index (χ2n) is 6.84. The van der Waals surface area contributed by atoms with Gasteiger partial charge in [-0.3, -0.25) is 4.79 Å². The first-order valence-electron chi connectivity index (χ1n) is 9.41. The largest absolute Gasteiger partial charge is 0.311 e. The van der Waals surface area contributed by atoms with Crippen LogP contribution in [-0.2, 0) is 11.2 Å². The van der Waals surface area contributed by atoms with Gasteiger partial charge in [-0.2, -0.15) is 0 Å². The van der Waals surface area contributed by atoms with Crippen molar-refractivity contribution >= 4 is 44.9 Å². The number of fused-ring (bicyclic) bond motifs is 2. The standard InChI is InChI=1S/C22H18N4OS2/c1-14-23-20-21(29-14)19(16-8-3-2-4-9-16)24-25-22(20)28-13-18(27)26-12-11-15-7-5-6-10-17(15)26/h2-10H,11-13H2,1H3. The number of hydrogen-bond donors (Lipinski definition) is 0. The number of thiazole rings is 1. The van der Waals surface area contributed by atoms with Crippen LogP contribution in [0.15, 0.2) is 59.6 Å². The fraction of sp³-hybridized carbons (Fsp3) is 0.182. The van der Waals surface area contributed by atoms with E-state index >= 15 is 0 Å². The summed E-state index contributed by atoms with van der Waals surface area (Å²) in [7, 11) is 0. The van der Waals surface area contributed by atoms with Crippen molar-refractivity contribution in [3.8, 4) is 11.3 Å². The Bertz CT molecular complexity index is 1210. The van der Waals surface area contributed by atoms with Gasteiger partial charge in [0.2, 0.25) is 5.91 Å². The smallest absolute Gasteiger partial charge is 0.237 e. The highest BCUT2D eigenvalue weighted by atomic mass is 32.2. The van der Waals surface area contributed by atoms with E-state index in [0.717, 1.165) is 45.1 Å². The lowest BCUT2D eigenvalue weighted by molar-refractivity contribution is -0.116. The molecule has 0 N–H and O–H groups in total. The van der Waals surface area contributed by atoms with Gasteiger partial charge in [-0.05, 0) is 25.0 Å². The maximum absolute atomic E-state index is 12.9. The summed E-state index contributed by atoms with van der Waals surface area (Å²) in [4.78, 5) is 19.4. The topological polar surface area (TPSA) is 59.0 Å². The Hall–Kier alpha value is -2.77. The number of benzene rings is 2. The van der Waals surface area contributed by atoms with Crippen LogP contribution in [0.1, 0.15) is 10.6 Å². The first-order chi connectivity index (χ1) is 14.2. The van der Waals surface area contributed by atoms with Crippen LogP contribution >= 0.6 is 23.1 Å². The van der Waals surface area contributed by atoms with Crippen LogP contribution in [0.25, 0.3) is 21.5 Å². The first-order valence-corrected chi connectivity index (χ1v) is 11.2. The van der Waals surface area contributed by atoms with Gasteiger partial charge in [0.1, 0.15) is 16.2 Å². The lowest BCUT2D eigenvalue weighted by Gasteiger charge is -2.16. The second-order valence-corrected chi connectivity index (χ2v) is 9.01. The quantitative estimate of drug-likeness (QED) is 0.448. The summed E-state index contributed by atoms with van der Waals surface area (Å²) < 4.78 is 1.02. The summed E-state index contributed by atoms with van der Waals surface area (Å²) >= 11 is 3.03. The molecule has 0 fully saturated rings. The minimum atomic E-state index is 0.0917. The molecule has 2 aromatic carbocycles. The van der Waals surface area contributed by atoms with Crippen molar-refractivity contribution in [2.45, 2.75) is 18.4 Å². The predicted molar refractivity (Wildman–Crippen MR) is 119 cm³/mol. The van der Waals surface area contributed by atoms with Gasteiger partial charge in [-0.25, -0.2) is 4.98 Å². The van der Waals surface area contributed by atoms with Crippen molar-refractivity contribution in [1.82, 2.24) is 15.2 Å². The Morgan fingerprint density at radius 3 is 2.76 bits per heavy atom. The molecule has 0 atom stereocenters. The SMILES string of the molecule is Cc1nc2c(SCC(=O)N3CCc4ccccc43)nnc(-c3ccccc3)c2s1. The molecule has 1 amide bonds. The summed E-state index contributed by atoms with van der Waals surface area (Å²) in [5.41, 5.74) is 4.96. The Labute approximate surface area is 176 Å². The molecule has 5 nitrogen and oxygen atoms in total. The van der Waals surface area contributed by atoms with E-state index < -0.39 is 0 Å². The molecule has 5 rings (SSSR count). The summed E-state index contributed by atoms with van der Waals surface area (Å²) in [5, 5.41) is 10.6. The maximum atomic E-state index is 12.9. The third-order valence-electron chi connectivity index (χ3n) is 4.96. The fourth-order valence-electron chi connectivity index (χ4n) is 3.61. The average Bonchev–Trinajstić information content (AvgIpc) is 3.35. The minimum Gasteiger partial charge on any atom is -0.311 e. The number of carbonyl (C=O) groups is 1. The number of amides is 1. The van der Waals surface area contributed by atoms with E-state index in [0.29, 0.717) is 10.8 Å². The van der Waals surface area contributed by atoms with Crippen molar-refractivity contribution in [2.24, 2.45) is 0 Å². The normalized spacial score (nSPS) is 13.1. The summed E-state index contributed by atoms with van der Waals surface area (Å²) in [6.07, 6.45) is 0.910. The zero-order valence-corrected chi connectivity index (χ0v) is 17.5. The van der Waals surface area contributed by atoms with Crippen LogP contribution in [0.5, 0.6) is 0 Å². The first kappa shape index (κ1) is 18.3. The van der Waals surface area contributed by atoms with Crippen molar-refractivity contribution in [1.29, 1.82) is 0 Å². The highest BCUT2D eigenvalue weighted by molar-refractivity contribution is 8.00. The number of rotatable bonds is 4. The third kappa shape index (κ3) is 3.41. The van der Waals surface area contributed by atoms with Crippen LogP contribution < -0.4 is 4.90 Å². The van der Waals surface area contributed by atoms with Crippen molar-refractivity contribution in [2.75, 3.05) is 17.2 Å². The lowest BCUT2D eigenvalue weighted by Crippen LogP contribution is -2.30. The summed E-state index contributed by atoms with van der Waals surface area (Å²) in [6, 6.07) is 18.1. The molecular weight excluding hydrogens is 400 g/mol. The molecule has 29 heavy (non-hydrogen) atoms. The van der Waals surface area contributed by atoms with Crippen LogP contribution in [0.3, 0.4) is 0 Å². The number of nitrogens with zero attached hydrogens (tertiary/aromatic N) is 4. The average molecular weight is 419 g/mol. The third-order valence-corrected chi connectivity index (χ3v) is 6.88. The Morgan fingerprint density at radius 2 is 1.90 bits per heavy atom. The zero-order valence-electron chi connectivity index (χ0n) is 15.8. The molecule has 0 radical (unpaired) electrons. The van der Waals surface area contributed by atoms with Crippen LogP contribution in [0, 0.1) is 6.92 Å². The van der Waals surface area contributed by atoms with Crippen molar-refractivity contribution in [3.63, 3.8) is 0 Å². The number of para-hydroxylation sites is 1. The van der Waals surface area contributed by atoms with Gasteiger partial charge >= 0.3 is 0 Å². The highest BCUT2D eigenvalue weighted by Crippen LogP contribution is 2.36. The molecule has 0 unspecified atom stereocenters. The lowest BCUT2D eigenvalue weighted by atomic mass is 10.1. The maximum Gasteiger partial charge on any atom is 0.237 e. The summed E-state index contributed by atoms with van der Waals surface area (Å²) in [6.45, 7) is 2.72. The fourth-order valence-corrected chi connectivity index (χ4v) is 5.40. The van der Waals surface area contributed by atoms with Crippen LogP contribution in [0.2, 0.25) is 0 Å². The number of anilines is 1. The van der Waals surface area contributed by atoms with E-state index in [1.54, 1.807) is 11.3 Å². The van der Waals surface area contributed by atoms with Crippen LogP contribution in [0.4, 0.5) is 5.69 Å². The Morgan fingerprint density at radius 1 is 1.10 bits per heavy atom. The predicted octanol–water partition coefficient (Wildman–Crippen LogP) is 4.74. The minimum absolute atomic E-state index is 0.0917. The molecule has 0 saturated carbocycles. The van der Waals surface area contributed by atoms with Gasteiger partial charge in [-0.15, -0.1) is 21.5 Å². The number of hydrogen-bond acceptors (Lipinski definition) is 6. The Balaban J connectivity index is 1.41. The monoisotopic (exact) mass is 418 g/mol. The number of thioether (sulfide) groups is 1. The van der Waals surface area contributed by atoms with E-state index in [-0.39, 0.29) is 5.91 Å². The number of aryl methyl sites for hydroxylation is 1. The molecule has 0 saturated heterocycles. The van der Waals surface area contributed by atoms with E-state index in [1.165, 1.54) is 17.3 Å². The molecule has 1 aliphatic heterocycles.